The van der Waals surface area contributed by atoms with E-state index in [2.05, 4.69) is 10.4 Å². The van der Waals surface area contributed by atoms with Gasteiger partial charge in [0, 0.05) is 24.1 Å². The summed E-state index contributed by atoms with van der Waals surface area (Å²) in [6.07, 6.45) is 0.510. The molecule has 0 saturated carbocycles. The van der Waals surface area contributed by atoms with Crippen LogP contribution in [0.3, 0.4) is 0 Å². The molecule has 1 heterocycles. The summed E-state index contributed by atoms with van der Waals surface area (Å²) in [4.78, 5) is 25.2. The number of carbonyl (C=O) groups excluding carboxylic acids is 2. The summed E-state index contributed by atoms with van der Waals surface area (Å²) in [5.74, 6) is 0.956. The molecule has 32 heavy (non-hydrogen) atoms. The third-order valence-electron chi connectivity index (χ3n) is 5.15. The van der Waals surface area contributed by atoms with Crippen LogP contribution in [-0.4, -0.2) is 31.7 Å². The fourth-order valence-electron chi connectivity index (χ4n) is 3.47. The third kappa shape index (κ3) is 4.46. The minimum Gasteiger partial charge on any atom is -0.497 e. The number of rotatable bonds is 6. The number of para-hydroxylation sites is 1. The molecule has 0 atom stereocenters. The Morgan fingerprint density at radius 3 is 2.38 bits per heavy atom. The molecule has 7 heteroatoms. The van der Waals surface area contributed by atoms with Gasteiger partial charge in [0.05, 0.1) is 19.9 Å². The van der Waals surface area contributed by atoms with E-state index in [1.165, 1.54) is 5.01 Å². The topological polar surface area (TPSA) is 80.2 Å². The summed E-state index contributed by atoms with van der Waals surface area (Å²) < 4.78 is 10.7. The second kappa shape index (κ2) is 9.34. The first kappa shape index (κ1) is 21.1. The summed E-state index contributed by atoms with van der Waals surface area (Å²) in [5, 5.41) is 8.49. The van der Waals surface area contributed by atoms with E-state index in [0.717, 1.165) is 16.9 Å². The van der Waals surface area contributed by atoms with E-state index >= 15 is 0 Å². The lowest BCUT2D eigenvalue weighted by atomic mass is 10.0. The molecule has 162 valence electrons. The predicted octanol–water partition coefficient (Wildman–Crippen LogP) is 4.49. The molecule has 1 N–H and O–H groups in total. The van der Waals surface area contributed by atoms with E-state index < -0.39 is 0 Å². The van der Waals surface area contributed by atoms with E-state index in [1.54, 1.807) is 38.5 Å². The Morgan fingerprint density at radius 1 is 0.938 bits per heavy atom. The van der Waals surface area contributed by atoms with Crippen molar-refractivity contribution in [3.63, 3.8) is 0 Å². The van der Waals surface area contributed by atoms with Gasteiger partial charge in [-0.05, 0) is 48.0 Å². The molecular formula is C25H23N3O4. The number of carbonyl (C=O) groups is 2. The van der Waals surface area contributed by atoms with E-state index in [-0.39, 0.29) is 24.7 Å². The molecular weight excluding hydrogens is 406 g/mol. The van der Waals surface area contributed by atoms with E-state index in [9.17, 15) is 9.59 Å². The number of amides is 2. The van der Waals surface area contributed by atoms with Crippen molar-refractivity contribution in [2.24, 2.45) is 5.10 Å². The lowest BCUT2D eigenvalue weighted by Crippen LogP contribution is -2.36. The molecule has 1 aliphatic rings. The molecule has 0 aliphatic carbocycles. The number of ether oxygens (including phenoxy) is 2. The molecule has 3 aromatic carbocycles. The molecule has 3 aromatic rings. The Labute approximate surface area is 186 Å². The monoisotopic (exact) mass is 429 g/mol. The maximum atomic E-state index is 12.9. The van der Waals surface area contributed by atoms with Gasteiger partial charge in [-0.15, -0.1) is 0 Å². The van der Waals surface area contributed by atoms with Gasteiger partial charge in [-0.3, -0.25) is 9.59 Å². The van der Waals surface area contributed by atoms with Crippen LogP contribution in [0.5, 0.6) is 11.5 Å². The Hall–Kier alpha value is -4.13. The SMILES string of the molecule is COc1ccc(-c2cc(NC(=O)C3=NN(c4ccccc4)C(=O)CC3)ccc2OC)cc1. The maximum absolute atomic E-state index is 12.9. The van der Waals surface area contributed by atoms with E-state index in [1.807, 2.05) is 48.5 Å². The standard InChI is InChI=1S/C25H23N3O4/c1-31-20-11-8-17(9-12-20)21-16-18(10-14-23(21)32-2)26-25(30)22-13-15-24(29)28(27-22)19-6-4-3-5-7-19/h3-12,14,16H,13,15H2,1-2H3,(H,26,30). The van der Waals surface area contributed by atoms with Gasteiger partial charge in [-0.2, -0.15) is 5.10 Å². The summed E-state index contributed by atoms with van der Waals surface area (Å²) in [7, 11) is 3.22. The van der Waals surface area contributed by atoms with Crippen molar-refractivity contribution in [3.8, 4) is 22.6 Å². The number of hydrazone groups is 1. The maximum Gasteiger partial charge on any atom is 0.271 e. The molecule has 0 aromatic heterocycles. The van der Waals surface area contributed by atoms with Gasteiger partial charge in [0.1, 0.15) is 17.2 Å². The number of benzene rings is 3. The van der Waals surface area contributed by atoms with Crippen LogP contribution in [0.4, 0.5) is 11.4 Å². The van der Waals surface area contributed by atoms with Crippen molar-refractivity contribution >= 4 is 28.9 Å². The van der Waals surface area contributed by atoms with Crippen molar-refractivity contribution in [1.82, 2.24) is 0 Å². The number of nitrogens with zero attached hydrogens (tertiary/aromatic N) is 2. The third-order valence-corrected chi connectivity index (χ3v) is 5.15. The van der Waals surface area contributed by atoms with E-state index in [4.69, 9.17) is 9.47 Å². The molecule has 0 fully saturated rings. The number of nitrogens with one attached hydrogen (secondary N) is 1. The second-order valence-electron chi connectivity index (χ2n) is 7.19. The van der Waals surface area contributed by atoms with Crippen molar-refractivity contribution in [2.45, 2.75) is 12.8 Å². The minimum absolute atomic E-state index is 0.140. The quantitative estimate of drug-likeness (QED) is 0.626. The van der Waals surface area contributed by atoms with Crippen LogP contribution in [-0.2, 0) is 9.59 Å². The zero-order valence-corrected chi connectivity index (χ0v) is 17.9. The highest BCUT2D eigenvalue weighted by Crippen LogP contribution is 2.33. The van der Waals surface area contributed by atoms with Gasteiger partial charge in [0.15, 0.2) is 0 Å². The number of anilines is 2. The van der Waals surface area contributed by atoms with Crippen LogP contribution in [0.25, 0.3) is 11.1 Å². The van der Waals surface area contributed by atoms with E-state index in [0.29, 0.717) is 22.8 Å². The van der Waals surface area contributed by atoms with Crippen LogP contribution >= 0.6 is 0 Å². The van der Waals surface area contributed by atoms with Gasteiger partial charge >= 0.3 is 0 Å². The average molecular weight is 429 g/mol. The van der Waals surface area contributed by atoms with Crippen molar-refractivity contribution in [1.29, 1.82) is 0 Å². The smallest absolute Gasteiger partial charge is 0.271 e. The van der Waals surface area contributed by atoms with Crippen LogP contribution < -0.4 is 19.8 Å². The van der Waals surface area contributed by atoms with Crippen molar-refractivity contribution in [3.05, 3.63) is 72.8 Å². The molecule has 0 bridgehead atoms. The summed E-state index contributed by atoms with van der Waals surface area (Å²) >= 11 is 0. The first-order valence-corrected chi connectivity index (χ1v) is 10.2. The molecule has 0 saturated heterocycles. The average Bonchev–Trinajstić information content (AvgIpc) is 2.85. The predicted molar refractivity (Wildman–Crippen MR) is 124 cm³/mol. The zero-order chi connectivity index (χ0) is 22.5. The molecule has 0 unspecified atom stereocenters. The molecule has 0 spiro atoms. The van der Waals surface area contributed by atoms with Crippen LogP contribution in [0, 0.1) is 0 Å². The first-order chi connectivity index (χ1) is 15.6. The lowest BCUT2D eigenvalue weighted by Gasteiger charge is -2.23. The largest absolute Gasteiger partial charge is 0.497 e. The van der Waals surface area contributed by atoms with Crippen LogP contribution in [0.2, 0.25) is 0 Å². The summed E-state index contributed by atoms with van der Waals surface area (Å²) in [5.41, 5.74) is 3.30. The first-order valence-electron chi connectivity index (χ1n) is 10.2. The highest BCUT2D eigenvalue weighted by molar-refractivity contribution is 6.44. The number of hydrogen-bond acceptors (Lipinski definition) is 5. The molecule has 0 radical (unpaired) electrons. The Kier molecular flexibility index (Phi) is 6.17. The van der Waals surface area contributed by atoms with Gasteiger partial charge in [0.25, 0.3) is 5.91 Å². The van der Waals surface area contributed by atoms with Gasteiger partial charge in [-0.1, -0.05) is 30.3 Å². The molecule has 2 amide bonds. The Balaban J connectivity index is 1.58. The number of methoxy groups -OCH3 is 2. The van der Waals surface area contributed by atoms with Crippen LogP contribution in [0.15, 0.2) is 77.9 Å². The highest BCUT2D eigenvalue weighted by atomic mass is 16.5. The van der Waals surface area contributed by atoms with Gasteiger partial charge in [0.2, 0.25) is 5.91 Å². The Morgan fingerprint density at radius 2 is 1.69 bits per heavy atom. The van der Waals surface area contributed by atoms with Gasteiger partial charge in [-0.25, -0.2) is 5.01 Å². The normalized spacial score (nSPS) is 13.4. The summed E-state index contributed by atoms with van der Waals surface area (Å²) in [6, 6.07) is 22.1. The lowest BCUT2D eigenvalue weighted by molar-refractivity contribution is -0.118. The highest BCUT2D eigenvalue weighted by Gasteiger charge is 2.25. The second-order valence-corrected chi connectivity index (χ2v) is 7.19. The van der Waals surface area contributed by atoms with Crippen molar-refractivity contribution in [2.75, 3.05) is 24.5 Å². The fourth-order valence-corrected chi connectivity index (χ4v) is 3.47. The van der Waals surface area contributed by atoms with Crippen molar-refractivity contribution < 1.29 is 19.1 Å². The fraction of sp³-hybridized carbons (Fsp3) is 0.160. The van der Waals surface area contributed by atoms with Gasteiger partial charge < -0.3 is 14.8 Å². The minimum atomic E-state index is -0.343. The van der Waals surface area contributed by atoms with Crippen LogP contribution in [0.1, 0.15) is 12.8 Å². The molecule has 1 aliphatic heterocycles. The summed E-state index contributed by atoms with van der Waals surface area (Å²) in [6.45, 7) is 0. The molecule has 4 rings (SSSR count). The zero-order valence-electron chi connectivity index (χ0n) is 17.9. The molecule has 7 nitrogen and oxygen atoms in total. The Bertz CT molecular complexity index is 1160. The number of hydrogen-bond donors (Lipinski definition) is 1.